The summed E-state index contributed by atoms with van der Waals surface area (Å²) < 4.78 is 47.8. The number of halogens is 1. The second-order valence-electron chi connectivity index (χ2n) is 23.5. The van der Waals surface area contributed by atoms with Crippen molar-refractivity contribution in [3.63, 3.8) is 0 Å². The topological polar surface area (TPSA) is 251 Å². The summed E-state index contributed by atoms with van der Waals surface area (Å²) in [6, 6.07) is 1.97. The van der Waals surface area contributed by atoms with Gasteiger partial charge in [-0.05, 0) is 89.0 Å². The van der Waals surface area contributed by atoms with Crippen LogP contribution >= 0.6 is 0 Å². The highest BCUT2D eigenvalue weighted by molar-refractivity contribution is 6.24. The van der Waals surface area contributed by atoms with Gasteiger partial charge in [0.05, 0.1) is 83.1 Å². The number of nitrogens with one attached hydrogen (secondary N) is 1. The largest absolute Gasteiger partial charge is 0.507 e. The van der Waals surface area contributed by atoms with Crippen molar-refractivity contribution in [1.29, 1.82) is 0 Å². The van der Waals surface area contributed by atoms with E-state index in [2.05, 4.69) is 10.2 Å². The molecule has 6 N–H and O–H groups in total. The lowest BCUT2D eigenvalue weighted by Crippen LogP contribution is -2.46. The smallest absolute Gasteiger partial charge is 0.312 e. The first-order valence-electron chi connectivity index (χ1n) is 28.5. The predicted octanol–water partition coefficient (Wildman–Crippen LogP) is 8.34. The van der Waals surface area contributed by atoms with Crippen molar-refractivity contribution >= 4 is 51.5 Å². The standard InChI is InChI=1S/C62H78FN5O14/c1-30-13-12-14-31(2)60(76)65-49-43(26-64-67-22-18-41(19-23-67)79-29-39-17-21-66(27-39)51-34(5)50-42(40-15-16-40)25-32(3)61(77)68(50)28-44(51)63)55(73)46-47(56(49)74)54(72)37(8)58-48(46)59(75)62(10,82-58)80-24-20-45(78-11)33(4)57(81-38(9)69)36(7)53(71)35(6)52(30)70/h12-14,20,24-26,28,30,33,35-36,39-41,45,52-53,57,70-74H,15-19,21-23,27,29H2,1-11H3,(H,65,76)/b13-12+,24-20+,31-14-,64-26+/t30-,33+,35+,36+,39?,45-,52-,53+,57+,62-/m0/s1. The van der Waals surface area contributed by atoms with Crippen LogP contribution < -0.4 is 20.5 Å². The molecule has 2 aromatic carbocycles. The number of allylic oxidation sites excluding steroid dienone is 2. The minimum Gasteiger partial charge on any atom is -0.507 e. The Hall–Kier alpha value is -7.00. The van der Waals surface area contributed by atoms with Gasteiger partial charge >= 0.3 is 11.8 Å². The molecule has 3 fully saturated rings. The Labute approximate surface area is 476 Å². The highest BCUT2D eigenvalue weighted by Crippen LogP contribution is 2.55. The number of amides is 1. The number of hydrogen-bond acceptors (Lipinski definition) is 17. The lowest BCUT2D eigenvalue weighted by atomic mass is 9.78. The summed E-state index contributed by atoms with van der Waals surface area (Å²) in [6.07, 6.45) is 10.00. The Morgan fingerprint density at radius 3 is 2.28 bits per heavy atom. The summed E-state index contributed by atoms with van der Waals surface area (Å²) in [5, 5.41) is 68.1. The summed E-state index contributed by atoms with van der Waals surface area (Å²) in [5.74, 6) is -8.67. The second-order valence-corrected chi connectivity index (χ2v) is 23.5. The van der Waals surface area contributed by atoms with Gasteiger partial charge in [0.25, 0.3) is 17.2 Å². The van der Waals surface area contributed by atoms with Gasteiger partial charge in [-0.3, -0.25) is 28.6 Å². The van der Waals surface area contributed by atoms with E-state index < -0.39 is 94.6 Å². The van der Waals surface area contributed by atoms with Crippen molar-refractivity contribution in [2.45, 2.75) is 144 Å². The molecule has 10 atom stereocenters. The molecule has 2 saturated heterocycles. The number of rotatable bonds is 9. The first kappa shape index (κ1) is 59.6. The third kappa shape index (κ3) is 11.3. The summed E-state index contributed by atoms with van der Waals surface area (Å²) in [5.41, 5.74) is 3.06. The first-order valence-corrected chi connectivity index (χ1v) is 28.5. The monoisotopic (exact) mass is 1140 g/mol. The van der Waals surface area contributed by atoms with Gasteiger partial charge in [0.2, 0.25) is 0 Å². The van der Waals surface area contributed by atoms with Crippen molar-refractivity contribution in [3.8, 4) is 23.0 Å². The van der Waals surface area contributed by atoms with Crippen molar-refractivity contribution in [2.24, 2.45) is 34.7 Å². The first-order chi connectivity index (χ1) is 38.9. The fourth-order valence-electron chi connectivity index (χ4n) is 12.5. The predicted molar refractivity (Wildman–Crippen MR) is 307 cm³/mol. The number of phenols is 3. The number of carbonyl (C=O) groups is 3. The van der Waals surface area contributed by atoms with Crippen LogP contribution in [-0.2, 0) is 28.5 Å². The number of aliphatic hydroxyl groups is 2. The summed E-state index contributed by atoms with van der Waals surface area (Å²) in [4.78, 5) is 56.5. The average molecular weight is 1140 g/mol. The molecule has 4 aromatic rings. The molecule has 5 aliphatic heterocycles. The van der Waals surface area contributed by atoms with E-state index in [0.717, 1.165) is 35.9 Å². The minimum atomic E-state index is -2.10. The molecule has 2 aromatic heterocycles. The van der Waals surface area contributed by atoms with Crippen LogP contribution in [0.5, 0.6) is 23.0 Å². The molecular formula is C62H78FN5O14. The molecule has 10 rings (SSSR count). The number of nitrogens with zero attached hydrogens (tertiary/aromatic N) is 4. The molecule has 7 heterocycles. The molecular weight excluding hydrogens is 1060 g/mol. The maximum absolute atomic E-state index is 15.9. The van der Waals surface area contributed by atoms with Crippen LogP contribution in [0.1, 0.15) is 125 Å². The van der Waals surface area contributed by atoms with Gasteiger partial charge in [-0.2, -0.15) is 5.10 Å². The normalized spacial score (nSPS) is 29.3. The van der Waals surface area contributed by atoms with Crippen LogP contribution in [0.25, 0.3) is 16.3 Å². The number of anilines is 2. The summed E-state index contributed by atoms with van der Waals surface area (Å²) in [6.45, 7) is 18.7. The Bertz CT molecular complexity index is 3360. The van der Waals surface area contributed by atoms with Crippen LogP contribution in [-0.4, -0.2) is 135 Å². The van der Waals surface area contributed by atoms with Crippen molar-refractivity contribution in [1.82, 2.24) is 9.41 Å². The number of piperidine rings is 1. The highest BCUT2D eigenvalue weighted by Gasteiger charge is 2.50. The van der Waals surface area contributed by atoms with Crippen molar-refractivity contribution in [2.75, 3.05) is 50.1 Å². The number of benzene rings is 2. The molecule has 1 aliphatic carbocycles. The molecule has 0 spiro atoms. The number of aliphatic hydroxyl groups excluding tert-OH is 2. The number of esters is 1. The molecule has 6 aliphatic rings. The van der Waals surface area contributed by atoms with Gasteiger partial charge in [0, 0.05) is 98.8 Å². The zero-order chi connectivity index (χ0) is 59.4. The molecule has 19 nitrogen and oxygen atoms in total. The molecule has 0 radical (unpaired) electrons. The van der Waals surface area contributed by atoms with Gasteiger partial charge in [-0.15, -0.1) is 0 Å². The third-order valence-electron chi connectivity index (χ3n) is 17.6. The van der Waals surface area contributed by atoms with Gasteiger partial charge in [-0.25, -0.2) is 4.39 Å². The zero-order valence-corrected chi connectivity index (χ0v) is 48.6. The zero-order valence-electron chi connectivity index (χ0n) is 48.6. The van der Waals surface area contributed by atoms with Crippen molar-refractivity contribution in [3.05, 3.63) is 98.0 Å². The highest BCUT2D eigenvalue weighted by atomic mass is 19.1. The van der Waals surface area contributed by atoms with Gasteiger partial charge in [0.1, 0.15) is 23.4 Å². The lowest BCUT2D eigenvalue weighted by molar-refractivity contribution is -0.160. The number of hydrogen-bond donors (Lipinski definition) is 6. The number of Topliss-reactive ketones (excluding diaryl/α,β-unsaturated/α-hetero) is 1. The number of methoxy groups -OCH3 is 1. The van der Waals surface area contributed by atoms with E-state index in [1.165, 1.54) is 70.0 Å². The van der Waals surface area contributed by atoms with Gasteiger partial charge in [-0.1, -0.05) is 45.9 Å². The number of aryl methyl sites for hydroxylation is 2. The fraction of sp³-hybridized carbons (Fsp3) is 0.532. The van der Waals surface area contributed by atoms with Crippen LogP contribution in [0.3, 0.4) is 0 Å². The molecule has 5 bridgehead atoms. The van der Waals surface area contributed by atoms with Crippen LogP contribution in [0.4, 0.5) is 15.8 Å². The van der Waals surface area contributed by atoms with E-state index in [-0.39, 0.29) is 62.1 Å². The average Bonchev–Trinajstić information content (AvgIpc) is 3.92. The number of aromatic nitrogens is 1. The number of pyridine rings is 2. The molecule has 1 unspecified atom stereocenters. The van der Waals surface area contributed by atoms with E-state index in [0.29, 0.717) is 62.8 Å². The molecule has 20 heteroatoms. The summed E-state index contributed by atoms with van der Waals surface area (Å²) in [7, 11) is 1.43. The Balaban J connectivity index is 0.979. The Kier molecular flexibility index (Phi) is 17.2. The molecule has 442 valence electrons. The van der Waals surface area contributed by atoms with E-state index in [1.54, 1.807) is 51.8 Å². The number of phenolic OH excluding ortho intramolecular Hbond substituents is 3. The lowest BCUT2D eigenvalue weighted by Gasteiger charge is -2.38. The maximum atomic E-state index is 15.9. The molecule has 82 heavy (non-hydrogen) atoms. The van der Waals surface area contributed by atoms with Crippen LogP contribution in [0.2, 0.25) is 0 Å². The van der Waals surface area contributed by atoms with E-state index in [4.69, 9.17) is 28.8 Å². The number of carbonyl (C=O) groups excluding carboxylic acids is 3. The van der Waals surface area contributed by atoms with Crippen LogP contribution in [0, 0.1) is 56.2 Å². The number of aromatic hydroxyl groups is 3. The molecule has 1 saturated carbocycles. The maximum Gasteiger partial charge on any atom is 0.312 e. The summed E-state index contributed by atoms with van der Waals surface area (Å²) >= 11 is 0. The fourth-order valence-corrected chi connectivity index (χ4v) is 12.5. The SMILES string of the molecule is CO[C@H]1/C=C/O[C@@]2(C)Oc3c(C)c(O)c4c(O)c(c(/C=N/N5CCC(OCC6CCN(c7c(F)cn8c(=O)c(C)cc(C9CC9)c8c7C)C6)CC5)c(O)c4c3C2=O)NC(=O)/C(C)=C\C=C\[C@H](C)[C@H](O)[C@@H](C)[C@@H](O)[C@@H](C)[C@H](OC(C)=O)[C@@H]1C. The quantitative estimate of drug-likeness (QED) is 0.0399. The van der Waals surface area contributed by atoms with E-state index >= 15 is 4.39 Å². The van der Waals surface area contributed by atoms with Gasteiger partial charge < -0.3 is 59.4 Å². The van der Waals surface area contributed by atoms with Crippen LogP contribution in [0.15, 0.2) is 58.3 Å². The number of ether oxygens (including phenoxy) is 5. The Morgan fingerprint density at radius 2 is 1.61 bits per heavy atom. The van der Waals surface area contributed by atoms with E-state index in [1.807, 2.05) is 13.0 Å². The number of ketones is 1. The van der Waals surface area contributed by atoms with Gasteiger partial charge in [0.15, 0.2) is 11.6 Å². The van der Waals surface area contributed by atoms with E-state index in [9.17, 15) is 44.7 Å². The van der Waals surface area contributed by atoms with Crippen molar-refractivity contribution < 1.29 is 68.0 Å². The third-order valence-corrected chi connectivity index (χ3v) is 17.6. The number of fused-ring (bicyclic) bond motifs is 15. The second kappa shape index (κ2) is 23.7. The minimum absolute atomic E-state index is 0.0265. The molecule has 1 amide bonds. The number of hydrazone groups is 1. The Morgan fingerprint density at radius 1 is 0.902 bits per heavy atom.